The maximum atomic E-state index is 13.0. The number of nitroso groups, excluding NO2 is 1. The molecule has 3 N–H and O–H groups in total. The molecule has 3 aliphatic carbocycles. The lowest BCUT2D eigenvalue weighted by Crippen LogP contribution is -2.75. The summed E-state index contributed by atoms with van der Waals surface area (Å²) in [7, 11) is -3.65. The normalized spacial score (nSPS) is 38.7. The molecule has 7 unspecified atom stereocenters. The molecule has 3 fully saturated rings. The Hall–Kier alpha value is -0.440. The van der Waals surface area contributed by atoms with Gasteiger partial charge in [-0.25, -0.2) is 13.1 Å². The molecular formula is C20H34Cl2N3O4S+. The number of amides is 1. The number of alkyl halides is 2. The van der Waals surface area contributed by atoms with E-state index in [2.05, 4.69) is 22.1 Å². The van der Waals surface area contributed by atoms with Crippen LogP contribution in [0, 0.1) is 16.7 Å². The Morgan fingerprint density at radius 2 is 1.67 bits per heavy atom. The average molecular weight is 483 g/mol. The SMILES string of the molecule is CC1CCC([NH+]=O)CC1NC(=O)C1CC(S(=O)(=O)NC2CCCCC2)C(Cl)CC1Cl. The largest absolute Gasteiger partial charge is 0.353 e. The van der Waals surface area contributed by atoms with Crippen LogP contribution in [0.4, 0.5) is 0 Å². The summed E-state index contributed by atoms with van der Waals surface area (Å²) in [5.41, 5.74) is 0. The zero-order valence-corrected chi connectivity index (χ0v) is 19.8. The van der Waals surface area contributed by atoms with Crippen LogP contribution in [-0.2, 0) is 14.8 Å². The van der Waals surface area contributed by atoms with Gasteiger partial charge >= 0.3 is 0 Å². The first-order chi connectivity index (χ1) is 14.2. The molecule has 0 aliphatic heterocycles. The van der Waals surface area contributed by atoms with Crippen LogP contribution in [0.5, 0.6) is 0 Å². The zero-order valence-electron chi connectivity index (χ0n) is 17.5. The number of hydrogen-bond donors (Lipinski definition) is 3. The number of sulfonamides is 1. The molecule has 1 amide bonds. The van der Waals surface area contributed by atoms with Gasteiger partial charge in [0.1, 0.15) is 0 Å². The second kappa shape index (κ2) is 10.5. The Morgan fingerprint density at radius 1 is 0.967 bits per heavy atom. The summed E-state index contributed by atoms with van der Waals surface area (Å²) >= 11 is 12.9. The van der Waals surface area contributed by atoms with E-state index in [4.69, 9.17) is 23.2 Å². The van der Waals surface area contributed by atoms with Crippen molar-refractivity contribution in [3.8, 4) is 0 Å². The Balaban J connectivity index is 1.66. The quantitative estimate of drug-likeness (QED) is 0.501. The van der Waals surface area contributed by atoms with Gasteiger partial charge in [-0.3, -0.25) is 4.79 Å². The van der Waals surface area contributed by atoms with E-state index in [0.717, 1.165) is 44.9 Å². The van der Waals surface area contributed by atoms with Gasteiger partial charge in [-0.2, -0.15) is 0 Å². The van der Waals surface area contributed by atoms with Crippen LogP contribution >= 0.6 is 23.2 Å². The van der Waals surface area contributed by atoms with Crippen molar-refractivity contribution < 1.29 is 18.4 Å². The molecule has 0 aromatic heterocycles. The van der Waals surface area contributed by atoms with Gasteiger partial charge in [0.2, 0.25) is 22.0 Å². The van der Waals surface area contributed by atoms with Crippen molar-refractivity contribution in [3.63, 3.8) is 0 Å². The summed E-state index contributed by atoms with van der Waals surface area (Å²) in [6.45, 7) is 2.06. The minimum atomic E-state index is -3.65. The van der Waals surface area contributed by atoms with E-state index < -0.39 is 31.9 Å². The van der Waals surface area contributed by atoms with Crippen molar-refractivity contribution in [2.45, 2.75) is 105 Å². The third kappa shape index (κ3) is 5.87. The molecule has 0 spiro atoms. The zero-order chi connectivity index (χ0) is 21.9. The van der Waals surface area contributed by atoms with Crippen molar-refractivity contribution in [1.29, 1.82) is 0 Å². The predicted molar refractivity (Wildman–Crippen MR) is 118 cm³/mol. The van der Waals surface area contributed by atoms with E-state index in [1.54, 1.807) is 0 Å². The molecule has 7 atom stereocenters. The van der Waals surface area contributed by atoms with Crippen molar-refractivity contribution in [1.82, 2.24) is 10.0 Å². The molecule has 3 aliphatic rings. The van der Waals surface area contributed by atoms with Crippen LogP contribution in [0.25, 0.3) is 0 Å². The highest BCUT2D eigenvalue weighted by molar-refractivity contribution is 7.90. The highest BCUT2D eigenvalue weighted by Gasteiger charge is 2.46. The van der Waals surface area contributed by atoms with Crippen LogP contribution < -0.4 is 15.2 Å². The van der Waals surface area contributed by atoms with E-state index in [0.29, 0.717) is 6.42 Å². The van der Waals surface area contributed by atoms with Crippen LogP contribution in [0.1, 0.15) is 71.1 Å². The number of nitrogens with one attached hydrogen (secondary N) is 3. The maximum Gasteiger partial charge on any atom is 0.224 e. The Bertz CT molecular complexity index is 717. The van der Waals surface area contributed by atoms with Gasteiger partial charge in [0, 0.05) is 35.2 Å². The summed E-state index contributed by atoms with van der Waals surface area (Å²) < 4.78 is 28.9. The monoisotopic (exact) mass is 482 g/mol. The second-order valence-corrected chi connectivity index (χ2v) is 12.4. The minimum absolute atomic E-state index is 0.0479. The highest BCUT2D eigenvalue weighted by Crippen LogP contribution is 2.36. The number of carbonyl (C=O) groups excluding carboxylic acids is 1. The van der Waals surface area contributed by atoms with Crippen LogP contribution in [0.15, 0.2) is 0 Å². The van der Waals surface area contributed by atoms with E-state index in [-0.39, 0.29) is 42.8 Å². The molecule has 0 saturated heterocycles. The van der Waals surface area contributed by atoms with Gasteiger partial charge in [0.15, 0.2) is 0 Å². The third-order valence-electron chi connectivity index (χ3n) is 7.14. The molecule has 7 nitrogen and oxygen atoms in total. The molecule has 10 heteroatoms. The summed E-state index contributed by atoms with van der Waals surface area (Å²) in [5.74, 6) is -0.605. The molecule has 172 valence electrons. The molecule has 0 bridgehead atoms. The van der Waals surface area contributed by atoms with Crippen LogP contribution in [0.2, 0.25) is 0 Å². The molecule has 3 saturated carbocycles. The Labute approximate surface area is 189 Å². The Morgan fingerprint density at radius 3 is 2.33 bits per heavy atom. The fourth-order valence-electron chi connectivity index (χ4n) is 5.13. The lowest BCUT2D eigenvalue weighted by Gasteiger charge is -2.38. The number of hydrogen-bond acceptors (Lipinski definition) is 4. The average Bonchev–Trinajstić information content (AvgIpc) is 2.69. The van der Waals surface area contributed by atoms with Crippen molar-refractivity contribution in [2.75, 3.05) is 0 Å². The third-order valence-corrected chi connectivity index (χ3v) is 10.2. The molecule has 0 heterocycles. The van der Waals surface area contributed by atoms with Crippen molar-refractivity contribution in [3.05, 3.63) is 4.91 Å². The van der Waals surface area contributed by atoms with Crippen LogP contribution in [0.3, 0.4) is 0 Å². The molecule has 3 rings (SSSR count). The van der Waals surface area contributed by atoms with E-state index >= 15 is 0 Å². The van der Waals surface area contributed by atoms with E-state index in [9.17, 15) is 18.1 Å². The highest BCUT2D eigenvalue weighted by atomic mass is 35.5. The number of halogens is 2. The Kier molecular flexibility index (Phi) is 8.43. The summed E-state index contributed by atoms with van der Waals surface area (Å²) in [6.07, 6.45) is 7.46. The van der Waals surface area contributed by atoms with Gasteiger partial charge < -0.3 is 5.32 Å². The summed E-state index contributed by atoms with van der Waals surface area (Å²) in [4.78, 5) is 24.1. The minimum Gasteiger partial charge on any atom is -0.353 e. The molecular weight excluding hydrogens is 449 g/mol. The molecule has 0 aromatic carbocycles. The van der Waals surface area contributed by atoms with Gasteiger partial charge in [0.25, 0.3) is 0 Å². The predicted octanol–water partition coefficient (Wildman–Crippen LogP) is 1.75. The van der Waals surface area contributed by atoms with Crippen LogP contribution in [-0.4, -0.2) is 48.5 Å². The van der Waals surface area contributed by atoms with E-state index in [1.165, 1.54) is 0 Å². The standard InChI is InChI=1S/C20H33Cl2N3O4S/c1-12-7-8-14(24-27)9-18(12)23-20(26)15-10-19(17(22)11-16(15)21)30(28,29)25-13-5-3-2-4-6-13/h12-19,25H,2-11H2,1H3,(H,23,26)/p+1. The van der Waals surface area contributed by atoms with Gasteiger partial charge in [-0.15, -0.1) is 23.2 Å². The second-order valence-electron chi connectivity index (χ2n) is 9.37. The smallest absolute Gasteiger partial charge is 0.224 e. The van der Waals surface area contributed by atoms with Crippen molar-refractivity contribution >= 4 is 39.1 Å². The lowest BCUT2D eigenvalue weighted by atomic mass is 9.82. The first-order valence-corrected chi connectivity index (χ1v) is 13.6. The first-order valence-electron chi connectivity index (χ1n) is 11.2. The fraction of sp³-hybridized carbons (Fsp3) is 0.950. The van der Waals surface area contributed by atoms with Gasteiger partial charge in [-0.1, -0.05) is 26.2 Å². The fourth-order valence-corrected chi connectivity index (χ4v) is 8.17. The molecule has 30 heavy (non-hydrogen) atoms. The summed E-state index contributed by atoms with van der Waals surface area (Å²) in [5, 5.41) is 3.12. The first kappa shape index (κ1) is 24.2. The maximum absolute atomic E-state index is 13.0. The van der Waals surface area contributed by atoms with E-state index in [1.807, 2.05) is 0 Å². The number of carbonyl (C=O) groups is 1. The van der Waals surface area contributed by atoms with Gasteiger partial charge in [-0.05, 0) is 43.2 Å². The summed E-state index contributed by atoms with van der Waals surface area (Å²) in [6, 6.07) is -0.330. The number of rotatable bonds is 6. The van der Waals surface area contributed by atoms with Gasteiger partial charge in [0.05, 0.1) is 16.5 Å². The topological polar surface area (TPSA) is 106 Å². The lowest BCUT2D eigenvalue weighted by molar-refractivity contribution is -0.530. The molecule has 0 aromatic rings. The van der Waals surface area contributed by atoms with Crippen molar-refractivity contribution in [2.24, 2.45) is 11.8 Å². The molecule has 0 radical (unpaired) electrons.